The van der Waals surface area contributed by atoms with E-state index in [4.69, 9.17) is 4.74 Å². The number of likely N-dealkylation sites (tertiary alicyclic amines) is 1. The van der Waals surface area contributed by atoms with Crippen LogP contribution in [0.4, 0.5) is 5.69 Å². The van der Waals surface area contributed by atoms with Gasteiger partial charge in [-0.1, -0.05) is 32.9 Å². The van der Waals surface area contributed by atoms with Gasteiger partial charge < -0.3 is 15.0 Å². The summed E-state index contributed by atoms with van der Waals surface area (Å²) in [6.45, 7) is 7.70. The van der Waals surface area contributed by atoms with E-state index in [9.17, 15) is 14.9 Å². The second-order valence-electron chi connectivity index (χ2n) is 9.03. The Balaban J connectivity index is 1.80. The molecule has 0 aromatic heterocycles. The lowest BCUT2D eigenvalue weighted by molar-refractivity contribution is -0.112. The van der Waals surface area contributed by atoms with Gasteiger partial charge in [0.2, 0.25) is 0 Å². The van der Waals surface area contributed by atoms with Gasteiger partial charge in [-0.05, 0) is 42.2 Å². The lowest BCUT2D eigenvalue weighted by Crippen LogP contribution is -2.33. The molecule has 1 aromatic carbocycles. The van der Waals surface area contributed by atoms with E-state index in [0.717, 1.165) is 25.8 Å². The van der Waals surface area contributed by atoms with Crippen LogP contribution >= 0.6 is 0 Å². The molecule has 2 aliphatic rings. The topological polar surface area (TPSA) is 82.4 Å². The van der Waals surface area contributed by atoms with Gasteiger partial charge in [-0.25, -0.2) is 4.79 Å². The summed E-state index contributed by atoms with van der Waals surface area (Å²) in [6, 6.07) is 8.95. The smallest absolute Gasteiger partial charge is 0.339 e. The molecule has 2 unspecified atom stereocenters. The van der Waals surface area contributed by atoms with Crippen LogP contribution in [-0.2, 0) is 9.53 Å². The third kappa shape index (κ3) is 4.04. The van der Waals surface area contributed by atoms with Crippen LogP contribution < -0.4 is 5.32 Å². The average molecular weight is 381 g/mol. The zero-order valence-corrected chi connectivity index (χ0v) is 16.9. The van der Waals surface area contributed by atoms with Gasteiger partial charge in [0.25, 0.3) is 5.91 Å². The number of carbonyl (C=O) groups is 2. The van der Waals surface area contributed by atoms with Crippen LogP contribution in [0.25, 0.3) is 0 Å². The first-order valence-electron chi connectivity index (χ1n) is 9.53. The van der Waals surface area contributed by atoms with E-state index in [1.807, 2.05) is 6.07 Å². The Bertz CT molecular complexity index is 868. The van der Waals surface area contributed by atoms with E-state index in [0.29, 0.717) is 11.7 Å². The number of carbonyl (C=O) groups excluding carboxylic acids is 2. The van der Waals surface area contributed by atoms with E-state index in [-0.39, 0.29) is 22.0 Å². The molecular weight excluding hydrogens is 354 g/mol. The number of benzene rings is 1. The van der Waals surface area contributed by atoms with Crippen LogP contribution in [0.1, 0.15) is 50.4 Å². The highest BCUT2D eigenvalue weighted by Crippen LogP contribution is 2.52. The van der Waals surface area contributed by atoms with E-state index in [1.165, 1.54) is 7.11 Å². The van der Waals surface area contributed by atoms with Crippen molar-refractivity contribution in [3.8, 4) is 6.07 Å². The average Bonchev–Trinajstić information content (AvgIpc) is 2.87. The Kier molecular flexibility index (Phi) is 5.20. The first-order valence-corrected chi connectivity index (χ1v) is 9.53. The largest absolute Gasteiger partial charge is 0.465 e. The van der Waals surface area contributed by atoms with Crippen molar-refractivity contribution in [2.45, 2.75) is 46.1 Å². The Morgan fingerprint density at radius 2 is 2.00 bits per heavy atom. The Morgan fingerprint density at radius 3 is 2.68 bits per heavy atom. The molecule has 1 heterocycles. The second-order valence-corrected chi connectivity index (χ2v) is 9.03. The molecule has 1 aliphatic carbocycles. The molecular formula is C22H27N3O3. The molecule has 1 aliphatic heterocycles. The zero-order valence-electron chi connectivity index (χ0n) is 16.9. The van der Waals surface area contributed by atoms with Gasteiger partial charge >= 0.3 is 5.97 Å². The molecule has 1 saturated heterocycles. The van der Waals surface area contributed by atoms with Gasteiger partial charge in [0, 0.05) is 18.8 Å². The fraction of sp³-hybridized carbons (Fsp3) is 0.500. The molecule has 3 rings (SSSR count). The van der Waals surface area contributed by atoms with Gasteiger partial charge in [0.1, 0.15) is 11.6 Å². The summed E-state index contributed by atoms with van der Waals surface area (Å²) < 4.78 is 4.75. The van der Waals surface area contributed by atoms with Crippen LogP contribution in [0.2, 0.25) is 0 Å². The summed E-state index contributed by atoms with van der Waals surface area (Å²) in [5.74, 6) is -1.06. The number of amides is 1. The van der Waals surface area contributed by atoms with Crippen LogP contribution in [0, 0.1) is 22.2 Å². The number of nitrogens with one attached hydrogen (secondary N) is 1. The fourth-order valence-corrected chi connectivity index (χ4v) is 5.03. The van der Waals surface area contributed by atoms with Crippen molar-refractivity contribution >= 4 is 17.6 Å². The number of nitriles is 1. The van der Waals surface area contributed by atoms with Gasteiger partial charge in [-0.15, -0.1) is 0 Å². The van der Waals surface area contributed by atoms with Crippen LogP contribution in [0.15, 0.2) is 36.0 Å². The molecule has 1 N–H and O–H groups in total. The maximum Gasteiger partial charge on any atom is 0.339 e. The van der Waals surface area contributed by atoms with E-state index in [1.54, 1.807) is 30.5 Å². The first kappa shape index (κ1) is 19.9. The van der Waals surface area contributed by atoms with E-state index >= 15 is 0 Å². The number of nitrogens with zero attached hydrogens (tertiary/aromatic N) is 2. The second kappa shape index (κ2) is 7.31. The van der Waals surface area contributed by atoms with Crippen molar-refractivity contribution < 1.29 is 14.3 Å². The molecule has 0 spiro atoms. The third-order valence-electron chi connectivity index (χ3n) is 5.70. The fourth-order valence-electron chi connectivity index (χ4n) is 5.03. The van der Waals surface area contributed by atoms with Crippen molar-refractivity contribution in [2.75, 3.05) is 19.0 Å². The van der Waals surface area contributed by atoms with Crippen molar-refractivity contribution in [3.63, 3.8) is 0 Å². The molecule has 28 heavy (non-hydrogen) atoms. The molecule has 2 atom stereocenters. The molecule has 148 valence electrons. The number of para-hydroxylation sites is 1. The standard InChI is InChI=1S/C22H27N3O3/c1-21(2)9-16-10-22(3,13-21)14-25(16)12-15(11-23)19(26)24-18-8-6-5-7-17(18)20(27)28-4/h5-8,12,16H,9-10,13-14H2,1-4H3,(H,24,26)/b15-12-. The SMILES string of the molecule is COC(=O)c1ccccc1NC(=O)/C(C#N)=C\N1CC2(C)CC1CC(C)(C)C2. The van der Waals surface area contributed by atoms with Crippen LogP contribution in [-0.4, -0.2) is 36.5 Å². The number of hydrogen-bond donors (Lipinski definition) is 1. The minimum Gasteiger partial charge on any atom is -0.465 e. The maximum absolute atomic E-state index is 12.7. The lowest BCUT2D eigenvalue weighted by atomic mass is 9.65. The summed E-state index contributed by atoms with van der Waals surface area (Å²) >= 11 is 0. The van der Waals surface area contributed by atoms with Crippen LogP contribution in [0.5, 0.6) is 0 Å². The summed E-state index contributed by atoms with van der Waals surface area (Å²) in [7, 11) is 1.29. The Morgan fingerprint density at radius 1 is 1.29 bits per heavy atom. The number of ether oxygens (including phenoxy) is 1. The van der Waals surface area contributed by atoms with Gasteiger partial charge in [0.05, 0.1) is 18.4 Å². The minimum absolute atomic E-state index is 0.0358. The third-order valence-corrected chi connectivity index (χ3v) is 5.70. The van der Waals surface area contributed by atoms with Gasteiger partial charge in [-0.2, -0.15) is 5.26 Å². The molecule has 1 saturated carbocycles. The highest BCUT2D eigenvalue weighted by Gasteiger charge is 2.48. The number of anilines is 1. The Labute approximate surface area is 166 Å². The lowest BCUT2D eigenvalue weighted by Gasteiger charge is -2.39. The zero-order chi connectivity index (χ0) is 20.5. The molecule has 2 fully saturated rings. The summed E-state index contributed by atoms with van der Waals surface area (Å²) in [4.78, 5) is 26.8. The predicted molar refractivity (Wildman–Crippen MR) is 106 cm³/mol. The Hall–Kier alpha value is -2.81. The van der Waals surface area contributed by atoms with Gasteiger partial charge in [-0.3, -0.25) is 4.79 Å². The maximum atomic E-state index is 12.7. The molecule has 6 nitrogen and oxygen atoms in total. The van der Waals surface area contributed by atoms with E-state index in [2.05, 4.69) is 31.0 Å². The highest BCUT2D eigenvalue weighted by atomic mass is 16.5. The van der Waals surface area contributed by atoms with Crippen LogP contribution in [0.3, 0.4) is 0 Å². The number of fused-ring (bicyclic) bond motifs is 2. The molecule has 1 aromatic rings. The van der Waals surface area contributed by atoms with Crippen molar-refractivity contribution in [1.82, 2.24) is 4.90 Å². The van der Waals surface area contributed by atoms with E-state index < -0.39 is 11.9 Å². The molecule has 1 amide bonds. The summed E-state index contributed by atoms with van der Waals surface area (Å²) in [5, 5.41) is 12.2. The summed E-state index contributed by atoms with van der Waals surface area (Å²) in [5.41, 5.74) is 1.08. The normalized spacial score (nSPS) is 25.8. The minimum atomic E-state index is -0.540. The highest BCUT2D eigenvalue weighted by molar-refractivity contribution is 6.09. The number of hydrogen-bond acceptors (Lipinski definition) is 5. The quantitative estimate of drug-likeness (QED) is 0.488. The van der Waals surface area contributed by atoms with Crippen molar-refractivity contribution in [2.24, 2.45) is 10.8 Å². The van der Waals surface area contributed by atoms with Crippen molar-refractivity contribution in [3.05, 3.63) is 41.6 Å². The first-order chi connectivity index (χ1) is 13.2. The van der Waals surface area contributed by atoms with Gasteiger partial charge in [0.15, 0.2) is 0 Å². The number of rotatable bonds is 4. The summed E-state index contributed by atoms with van der Waals surface area (Å²) in [6.07, 6.45) is 4.96. The molecule has 6 heteroatoms. The molecule has 0 radical (unpaired) electrons. The molecule has 2 bridgehead atoms. The monoisotopic (exact) mass is 381 g/mol. The van der Waals surface area contributed by atoms with Crippen molar-refractivity contribution in [1.29, 1.82) is 5.26 Å². The number of methoxy groups -OCH3 is 1. The predicted octanol–water partition coefficient (Wildman–Crippen LogP) is 3.72. The number of esters is 1.